The number of hydrogen-bond donors (Lipinski definition) is 3. The van der Waals surface area contributed by atoms with Gasteiger partial charge in [-0.15, -0.1) is 0 Å². The first-order valence-electron chi connectivity index (χ1n) is 12.2. The van der Waals surface area contributed by atoms with Gasteiger partial charge in [-0.2, -0.15) is 31.4 Å². The van der Waals surface area contributed by atoms with Crippen molar-refractivity contribution in [3.05, 3.63) is 74.2 Å². The molecule has 226 valence electrons. The zero-order chi connectivity index (χ0) is 31.4. The lowest BCUT2D eigenvalue weighted by Crippen LogP contribution is -2.24. The second-order valence-electron chi connectivity index (χ2n) is 8.91. The van der Waals surface area contributed by atoms with Gasteiger partial charge in [-0.05, 0) is 23.9 Å². The smallest absolute Gasteiger partial charge is 0.397 e. The Bertz CT molecular complexity index is 1700. The molecule has 4 rings (SSSR count). The van der Waals surface area contributed by atoms with Crippen LogP contribution in [-0.4, -0.2) is 24.7 Å². The number of anilines is 2. The minimum Gasteiger partial charge on any atom is -0.397 e. The van der Waals surface area contributed by atoms with Gasteiger partial charge >= 0.3 is 12.4 Å². The highest BCUT2D eigenvalue weighted by molar-refractivity contribution is 5.86. The molecule has 17 heteroatoms. The van der Waals surface area contributed by atoms with Gasteiger partial charge in [-0.25, -0.2) is 23.8 Å². The number of aryl methyl sites for hydroxylation is 1. The minimum absolute atomic E-state index is 0.0841. The molecule has 0 aliphatic heterocycles. The van der Waals surface area contributed by atoms with Crippen molar-refractivity contribution in [1.82, 2.24) is 24.7 Å². The van der Waals surface area contributed by atoms with Gasteiger partial charge in [0, 0.05) is 18.9 Å². The topological polar surface area (TPSA) is 146 Å². The summed E-state index contributed by atoms with van der Waals surface area (Å²) in [7, 11) is 0. The number of nitrogens with one attached hydrogen (secondary N) is 1. The first-order valence-corrected chi connectivity index (χ1v) is 12.2. The van der Waals surface area contributed by atoms with Crippen LogP contribution < -0.4 is 22.6 Å². The van der Waals surface area contributed by atoms with Crippen LogP contribution in [0.2, 0.25) is 0 Å². The molecule has 0 radical (unpaired) electrons. The van der Waals surface area contributed by atoms with Crippen LogP contribution in [-0.2, 0) is 18.9 Å². The van der Waals surface area contributed by atoms with Crippen LogP contribution in [0.25, 0.3) is 22.2 Å². The summed E-state index contributed by atoms with van der Waals surface area (Å²) in [4.78, 5) is 30.1. The Balaban J connectivity index is 0.000000337. The summed E-state index contributed by atoms with van der Waals surface area (Å²) in [5.74, 6) is -4.25. The molecule has 0 saturated heterocycles. The average molecular weight is 605 g/mol. The van der Waals surface area contributed by atoms with Gasteiger partial charge in [0.05, 0.1) is 22.8 Å². The van der Waals surface area contributed by atoms with E-state index in [1.54, 1.807) is 5.10 Å². The molecule has 1 aromatic carbocycles. The Morgan fingerprint density at radius 1 is 0.952 bits per heavy atom. The molecule has 0 atom stereocenters. The summed E-state index contributed by atoms with van der Waals surface area (Å²) < 4.78 is 105. The molecule has 3 heterocycles. The largest absolute Gasteiger partial charge is 0.423 e. The van der Waals surface area contributed by atoms with Crippen LogP contribution >= 0.6 is 0 Å². The van der Waals surface area contributed by atoms with E-state index in [-0.39, 0.29) is 5.39 Å². The van der Waals surface area contributed by atoms with Crippen molar-refractivity contribution in [2.24, 2.45) is 0 Å². The van der Waals surface area contributed by atoms with Gasteiger partial charge < -0.3 is 16.0 Å². The molecule has 0 saturated carbocycles. The molecule has 0 bridgehead atoms. The summed E-state index contributed by atoms with van der Waals surface area (Å²) in [5.41, 5.74) is 4.37. The number of halogens is 8. The number of H-pyrrole nitrogens is 1. The summed E-state index contributed by atoms with van der Waals surface area (Å²) in [5, 5.41) is 4.39. The Morgan fingerprint density at radius 2 is 1.64 bits per heavy atom. The third kappa shape index (κ3) is 7.01. The van der Waals surface area contributed by atoms with Gasteiger partial charge in [0.1, 0.15) is 16.9 Å². The fraction of sp³-hybridized carbons (Fsp3) is 0.320. The van der Waals surface area contributed by atoms with Gasteiger partial charge in [-0.1, -0.05) is 26.2 Å². The Labute approximate surface area is 231 Å². The highest BCUT2D eigenvalue weighted by Crippen LogP contribution is 2.34. The molecule has 0 unspecified atom stereocenters. The number of aromatic amines is 1. The van der Waals surface area contributed by atoms with Crippen molar-refractivity contribution < 1.29 is 35.1 Å². The molecule has 0 aliphatic rings. The predicted molar refractivity (Wildman–Crippen MR) is 137 cm³/mol. The maximum Gasteiger partial charge on any atom is 0.423 e. The lowest BCUT2D eigenvalue weighted by molar-refractivity contribution is -0.138. The van der Waals surface area contributed by atoms with Crippen LogP contribution in [0.5, 0.6) is 0 Å². The number of rotatable bonds is 6. The van der Waals surface area contributed by atoms with Crippen molar-refractivity contribution in [1.29, 1.82) is 0 Å². The molecule has 0 fully saturated rings. The number of nitrogens with zero attached hydrogens (tertiary/aromatic N) is 4. The number of unbranched alkanes of at least 4 members (excludes halogenated alkanes) is 3. The zero-order valence-corrected chi connectivity index (χ0v) is 21.7. The first kappa shape index (κ1) is 32.0. The standard InChI is InChI=1S/C20H19F5N4O.C5H4F3N3O/c1-2-3-4-5-7-29-8-6-11-9-12(15(21)16(22)14(11)19(29)30)18-27-10-13(17(26)28-18)20(23,24)25;6-5(7,8)3-2(9)1-10-11-4(3)12/h6,8-10H,2-5,7H2,1H3,(H2,26,27,28);1H,(H3,9,11,12). The van der Waals surface area contributed by atoms with E-state index in [4.69, 9.17) is 11.5 Å². The van der Waals surface area contributed by atoms with Gasteiger partial charge in [0.25, 0.3) is 11.1 Å². The van der Waals surface area contributed by atoms with E-state index < -0.39 is 74.5 Å². The minimum atomic E-state index is -4.78. The maximum atomic E-state index is 14.7. The Hall–Kier alpha value is -4.57. The SMILES string of the molecule is CCCCCCn1ccc2cc(-c3ncc(C(F)(F)F)c(N)n3)c(F)c(F)c2c1=O.Nc1cn[nH]c(=O)c1C(F)(F)F. The molecule has 0 amide bonds. The molecule has 9 nitrogen and oxygen atoms in total. The van der Waals surface area contributed by atoms with Gasteiger partial charge in [0.2, 0.25) is 0 Å². The fourth-order valence-corrected chi connectivity index (χ4v) is 3.87. The van der Waals surface area contributed by atoms with E-state index in [1.165, 1.54) is 16.8 Å². The highest BCUT2D eigenvalue weighted by atomic mass is 19.4. The van der Waals surface area contributed by atoms with Gasteiger partial charge in [-0.3, -0.25) is 9.59 Å². The monoisotopic (exact) mass is 605 g/mol. The Morgan fingerprint density at radius 3 is 2.19 bits per heavy atom. The molecule has 4 aromatic rings. The van der Waals surface area contributed by atoms with E-state index in [0.717, 1.165) is 37.9 Å². The lowest BCUT2D eigenvalue weighted by atomic mass is 10.1. The summed E-state index contributed by atoms with van der Waals surface area (Å²) in [6.45, 7) is 2.42. The van der Waals surface area contributed by atoms with Crippen LogP contribution in [0, 0.1) is 11.6 Å². The van der Waals surface area contributed by atoms with Crippen LogP contribution in [0.4, 0.5) is 46.6 Å². The van der Waals surface area contributed by atoms with Crippen LogP contribution in [0.15, 0.2) is 40.3 Å². The van der Waals surface area contributed by atoms with E-state index >= 15 is 0 Å². The molecular formula is C25H23F8N7O2. The van der Waals surface area contributed by atoms with E-state index in [0.29, 0.717) is 12.7 Å². The fourth-order valence-electron chi connectivity index (χ4n) is 3.87. The number of aromatic nitrogens is 5. The number of hydrogen-bond acceptors (Lipinski definition) is 7. The Kier molecular flexibility index (Phi) is 9.53. The van der Waals surface area contributed by atoms with E-state index in [9.17, 15) is 44.7 Å². The van der Waals surface area contributed by atoms with Gasteiger partial charge in [0.15, 0.2) is 17.5 Å². The maximum absolute atomic E-state index is 14.7. The molecule has 0 aliphatic carbocycles. The van der Waals surface area contributed by atoms with E-state index in [2.05, 4.69) is 15.1 Å². The van der Waals surface area contributed by atoms with Crippen molar-refractivity contribution in [2.45, 2.75) is 51.5 Å². The number of fused-ring (bicyclic) bond motifs is 1. The average Bonchev–Trinajstić information content (AvgIpc) is 2.88. The zero-order valence-electron chi connectivity index (χ0n) is 21.7. The number of alkyl halides is 6. The summed E-state index contributed by atoms with van der Waals surface area (Å²) in [6.07, 6.45) is -3.24. The second-order valence-corrected chi connectivity index (χ2v) is 8.91. The quantitative estimate of drug-likeness (QED) is 0.200. The first-order chi connectivity index (χ1) is 19.6. The van der Waals surface area contributed by atoms with Crippen LogP contribution in [0.1, 0.15) is 43.7 Å². The summed E-state index contributed by atoms with van der Waals surface area (Å²) >= 11 is 0. The number of pyridine rings is 1. The molecule has 42 heavy (non-hydrogen) atoms. The number of nitrogens with two attached hydrogens (primary N) is 2. The lowest BCUT2D eigenvalue weighted by Gasteiger charge is -2.12. The second kappa shape index (κ2) is 12.5. The normalized spacial score (nSPS) is 11.8. The van der Waals surface area contributed by atoms with E-state index in [1.807, 2.05) is 6.92 Å². The summed E-state index contributed by atoms with van der Waals surface area (Å²) in [6, 6.07) is 2.56. The van der Waals surface area contributed by atoms with Crippen molar-refractivity contribution in [3.63, 3.8) is 0 Å². The van der Waals surface area contributed by atoms with Crippen molar-refractivity contribution in [2.75, 3.05) is 11.5 Å². The third-order valence-corrected chi connectivity index (χ3v) is 5.93. The molecule has 3 aromatic heterocycles. The molecule has 5 N–H and O–H groups in total. The van der Waals surface area contributed by atoms with Crippen LogP contribution in [0.3, 0.4) is 0 Å². The molecular weight excluding hydrogens is 582 g/mol. The predicted octanol–water partition coefficient (Wildman–Crippen LogP) is 5.29. The number of benzene rings is 1. The molecule has 0 spiro atoms. The highest BCUT2D eigenvalue weighted by Gasteiger charge is 2.36. The van der Waals surface area contributed by atoms with Crippen molar-refractivity contribution in [3.8, 4) is 11.4 Å². The third-order valence-electron chi connectivity index (χ3n) is 5.93. The number of nitrogen functional groups attached to an aromatic ring is 2. The van der Waals surface area contributed by atoms with Crippen molar-refractivity contribution >= 4 is 22.3 Å².